The fourth-order valence-corrected chi connectivity index (χ4v) is 1.72. The zero-order valence-electron chi connectivity index (χ0n) is 11.2. The van der Waals surface area contributed by atoms with Crippen LogP contribution in [-0.4, -0.2) is 15.7 Å². The second kappa shape index (κ2) is 5.94. The van der Waals surface area contributed by atoms with Crippen LogP contribution in [0.4, 0.5) is 32.0 Å². The van der Waals surface area contributed by atoms with Crippen LogP contribution in [0.1, 0.15) is 11.3 Å². The third kappa shape index (κ3) is 4.47. The molecule has 1 amide bonds. The number of hydrogen-bond acceptors (Lipinski definition) is 2. The highest BCUT2D eigenvalue weighted by Gasteiger charge is 2.33. The zero-order valence-corrected chi connectivity index (χ0v) is 11.2. The smallest absolute Gasteiger partial charge is 0.324 e. The molecule has 0 spiro atoms. The molecule has 0 saturated carbocycles. The molecule has 124 valence electrons. The number of nitrogens with zero attached hydrogens (tertiary/aromatic N) is 2. The van der Waals surface area contributed by atoms with Crippen molar-refractivity contribution in [1.82, 2.24) is 9.78 Å². The van der Waals surface area contributed by atoms with Crippen molar-refractivity contribution in [2.45, 2.75) is 18.9 Å². The first-order valence-corrected chi connectivity index (χ1v) is 6.13. The van der Waals surface area contributed by atoms with Crippen LogP contribution in [0, 0.1) is 0 Å². The van der Waals surface area contributed by atoms with E-state index in [1.807, 2.05) is 0 Å². The largest absolute Gasteiger partial charge is 0.435 e. The molecule has 0 unspecified atom stereocenters. The van der Waals surface area contributed by atoms with Gasteiger partial charge in [-0.25, -0.2) is 0 Å². The van der Waals surface area contributed by atoms with Crippen LogP contribution in [0.5, 0.6) is 0 Å². The Morgan fingerprint density at radius 2 is 1.78 bits per heavy atom. The Morgan fingerprint density at radius 3 is 2.35 bits per heavy atom. The van der Waals surface area contributed by atoms with E-state index < -0.39 is 36.1 Å². The van der Waals surface area contributed by atoms with Crippen LogP contribution in [0.3, 0.4) is 0 Å². The van der Waals surface area contributed by atoms with Gasteiger partial charge in [-0.3, -0.25) is 9.48 Å². The van der Waals surface area contributed by atoms with E-state index >= 15 is 0 Å². The highest BCUT2D eigenvalue weighted by molar-refractivity contribution is 5.90. The maximum Gasteiger partial charge on any atom is 0.435 e. The van der Waals surface area contributed by atoms with Crippen LogP contribution >= 0.6 is 0 Å². The molecule has 0 fully saturated rings. The third-order valence-corrected chi connectivity index (χ3v) is 2.71. The molecule has 1 aromatic carbocycles. The van der Waals surface area contributed by atoms with Gasteiger partial charge in [0.2, 0.25) is 5.91 Å². The molecule has 0 aliphatic heterocycles. The van der Waals surface area contributed by atoms with Crippen molar-refractivity contribution in [2.24, 2.45) is 0 Å². The van der Waals surface area contributed by atoms with E-state index in [1.165, 1.54) is 6.07 Å². The molecule has 2 aromatic rings. The minimum atomic E-state index is -4.64. The summed E-state index contributed by atoms with van der Waals surface area (Å²) < 4.78 is 75.4. The lowest BCUT2D eigenvalue weighted by atomic mass is 10.2. The summed E-state index contributed by atoms with van der Waals surface area (Å²) >= 11 is 0. The van der Waals surface area contributed by atoms with Gasteiger partial charge in [0.05, 0.1) is 5.56 Å². The number of nitrogens with one attached hydrogen (secondary N) is 1. The number of alkyl halides is 6. The molecule has 0 radical (unpaired) electrons. The van der Waals surface area contributed by atoms with Crippen molar-refractivity contribution in [3.8, 4) is 0 Å². The fourth-order valence-electron chi connectivity index (χ4n) is 1.72. The predicted molar refractivity (Wildman–Crippen MR) is 67.3 cm³/mol. The molecule has 0 aliphatic carbocycles. The van der Waals surface area contributed by atoms with Gasteiger partial charge in [-0.1, -0.05) is 6.07 Å². The van der Waals surface area contributed by atoms with Gasteiger partial charge in [-0.2, -0.15) is 31.4 Å². The van der Waals surface area contributed by atoms with Gasteiger partial charge in [-0.15, -0.1) is 0 Å². The van der Waals surface area contributed by atoms with Gasteiger partial charge in [0.15, 0.2) is 5.69 Å². The van der Waals surface area contributed by atoms with E-state index in [9.17, 15) is 31.1 Å². The maximum absolute atomic E-state index is 12.5. The number of rotatable bonds is 3. The van der Waals surface area contributed by atoms with E-state index in [2.05, 4.69) is 10.4 Å². The fraction of sp³-hybridized carbons (Fsp3) is 0.231. The molecule has 23 heavy (non-hydrogen) atoms. The third-order valence-electron chi connectivity index (χ3n) is 2.71. The topological polar surface area (TPSA) is 46.9 Å². The summed E-state index contributed by atoms with van der Waals surface area (Å²) in [5, 5.41) is 5.34. The Labute approximate surface area is 125 Å². The molecule has 10 heteroatoms. The number of aromatic nitrogens is 2. The van der Waals surface area contributed by atoms with Crippen LogP contribution in [0.25, 0.3) is 0 Å². The number of benzene rings is 1. The van der Waals surface area contributed by atoms with E-state index in [1.54, 1.807) is 0 Å². The molecule has 2 rings (SSSR count). The lowest BCUT2D eigenvalue weighted by Gasteiger charge is -2.10. The monoisotopic (exact) mass is 337 g/mol. The first kappa shape index (κ1) is 16.8. The normalized spacial score (nSPS) is 12.3. The zero-order chi connectivity index (χ0) is 17.3. The summed E-state index contributed by atoms with van der Waals surface area (Å²) in [6, 6.07) is 4.59. The maximum atomic E-state index is 12.5. The second-order valence-electron chi connectivity index (χ2n) is 4.52. The van der Waals surface area contributed by atoms with Crippen molar-refractivity contribution in [3.05, 3.63) is 47.8 Å². The quantitative estimate of drug-likeness (QED) is 0.871. The summed E-state index contributed by atoms with van der Waals surface area (Å²) in [6.07, 6.45) is -8.25. The summed E-state index contributed by atoms with van der Waals surface area (Å²) in [5.74, 6) is -0.804. The average Bonchev–Trinajstić information content (AvgIpc) is 2.86. The molecule has 0 aliphatic rings. The number of amides is 1. The van der Waals surface area contributed by atoms with Gasteiger partial charge in [0.25, 0.3) is 0 Å². The molecular formula is C13H9F6N3O. The van der Waals surface area contributed by atoms with E-state index in [0.717, 1.165) is 29.1 Å². The number of anilines is 1. The minimum Gasteiger partial charge on any atom is -0.324 e. The molecule has 1 aromatic heterocycles. The summed E-state index contributed by atoms with van der Waals surface area (Å²) in [5.41, 5.74) is -2.23. The van der Waals surface area contributed by atoms with Crippen molar-refractivity contribution >= 4 is 11.6 Å². The average molecular weight is 337 g/mol. The highest BCUT2D eigenvalue weighted by Crippen LogP contribution is 2.30. The van der Waals surface area contributed by atoms with Crippen LogP contribution in [0.2, 0.25) is 0 Å². The Hall–Kier alpha value is -2.52. The molecule has 4 nitrogen and oxygen atoms in total. The van der Waals surface area contributed by atoms with Crippen LogP contribution < -0.4 is 5.32 Å². The molecule has 0 atom stereocenters. The second-order valence-corrected chi connectivity index (χ2v) is 4.52. The standard InChI is InChI=1S/C13H9F6N3O/c14-12(15,16)8-2-1-3-9(6-8)20-11(23)7-22-5-4-10(21-22)13(17,18)19/h1-6H,7H2,(H,20,23). The van der Waals surface area contributed by atoms with Gasteiger partial charge >= 0.3 is 12.4 Å². The van der Waals surface area contributed by atoms with Gasteiger partial charge in [0, 0.05) is 11.9 Å². The number of carbonyl (C=O) groups excluding carboxylic acids is 1. The Kier molecular flexibility index (Phi) is 4.35. The predicted octanol–water partition coefficient (Wildman–Crippen LogP) is 3.56. The summed E-state index contributed by atoms with van der Waals surface area (Å²) in [7, 11) is 0. The lowest BCUT2D eigenvalue weighted by Crippen LogP contribution is -2.20. The molecule has 1 heterocycles. The summed E-state index contributed by atoms with van der Waals surface area (Å²) in [6.45, 7) is -0.563. The van der Waals surface area contributed by atoms with E-state index in [-0.39, 0.29) is 5.69 Å². The van der Waals surface area contributed by atoms with Crippen LogP contribution in [-0.2, 0) is 23.7 Å². The van der Waals surface area contributed by atoms with Gasteiger partial charge in [0.1, 0.15) is 6.54 Å². The number of carbonyl (C=O) groups is 1. The molecule has 0 bridgehead atoms. The lowest BCUT2D eigenvalue weighted by molar-refractivity contribution is -0.141. The first-order valence-electron chi connectivity index (χ1n) is 6.13. The van der Waals surface area contributed by atoms with Crippen LogP contribution in [0.15, 0.2) is 36.5 Å². The molecule has 0 saturated heterocycles. The summed E-state index contributed by atoms with van der Waals surface area (Å²) in [4.78, 5) is 11.7. The Morgan fingerprint density at radius 1 is 1.09 bits per heavy atom. The van der Waals surface area contributed by atoms with Crippen molar-refractivity contribution < 1.29 is 31.1 Å². The van der Waals surface area contributed by atoms with Crippen molar-refractivity contribution in [2.75, 3.05) is 5.32 Å². The van der Waals surface area contributed by atoms with Gasteiger partial charge < -0.3 is 5.32 Å². The van der Waals surface area contributed by atoms with Gasteiger partial charge in [-0.05, 0) is 24.3 Å². The van der Waals surface area contributed by atoms with E-state index in [0.29, 0.717) is 6.07 Å². The number of hydrogen-bond donors (Lipinski definition) is 1. The van der Waals surface area contributed by atoms with Crippen molar-refractivity contribution in [1.29, 1.82) is 0 Å². The minimum absolute atomic E-state index is 0.118. The SMILES string of the molecule is O=C(Cn1ccc(C(F)(F)F)n1)Nc1cccc(C(F)(F)F)c1. The first-order chi connectivity index (χ1) is 10.6. The highest BCUT2D eigenvalue weighted by atomic mass is 19.4. The Bertz CT molecular complexity index is 704. The number of halogens is 6. The Balaban J connectivity index is 2.04. The molecular weight excluding hydrogens is 328 g/mol. The van der Waals surface area contributed by atoms with Crippen molar-refractivity contribution in [3.63, 3.8) is 0 Å². The van der Waals surface area contributed by atoms with E-state index in [4.69, 9.17) is 0 Å². The molecule has 1 N–H and O–H groups in total.